The minimum Gasteiger partial charge on any atom is -0.512 e. The van der Waals surface area contributed by atoms with E-state index in [0.29, 0.717) is 0 Å². The van der Waals surface area contributed by atoms with Gasteiger partial charge in [0.05, 0.1) is 23.0 Å². The number of pyridine rings is 4. The first kappa shape index (κ1) is 104. The Balaban J connectivity index is 0.000000309. The number of hydrogen-bond donors (Lipinski definition) is 4. The summed E-state index contributed by atoms with van der Waals surface area (Å²) < 4.78 is 0. The molecule has 0 fully saturated rings. The van der Waals surface area contributed by atoms with Gasteiger partial charge in [0, 0.05) is 152 Å². The number of nitrogens with zero attached hydrogens (tertiary/aromatic N) is 4. The second-order valence-corrected chi connectivity index (χ2v) is 29.8. The minimum absolute atomic E-state index is 0. The number of aryl methyl sites for hydroxylation is 5. The van der Waals surface area contributed by atoms with Crippen molar-refractivity contribution in [3.05, 3.63) is 385 Å². The average molecular weight is 2340 g/mol. The van der Waals surface area contributed by atoms with Gasteiger partial charge in [-0.05, 0) is 175 Å². The standard InChI is InChI=1S/C24H20N.C23H18N.C21H14N.C19H18N.4C5H8O2.4Ir/c1-16-13-17(2)23(18(3)14-16)21-9-4-8-20(15-21)22-11-5-7-19-10-6-12-25-24(19)22;1-16-11-12-17(2)22(14-16)20-8-3-7-19(15-20)21-10-4-6-18-9-5-13-24-23(18)21;1-2-7-16(8-3-1)18-10-4-11-19(15-18)20-13-5-9-17-12-6-14-22-21(17)20;1-19(2,3)16-10-4-8-15(13-16)17-11-5-7-14-9-6-12-20-18(14)17;4*1-4(6)3-5(2)7;;;;/h4-7,9-15H,1-3H3;3-6,8-15H,1-2H3;1-10,12-15H;4-7,9-13H,1-3H3;4*3,6H,1-2H3;;;;/q4*-1;;;;;;;;. The van der Waals surface area contributed by atoms with Gasteiger partial charge in [0.25, 0.3) is 0 Å². The number of rotatable bonds is 11. The van der Waals surface area contributed by atoms with E-state index >= 15 is 0 Å². The molecule has 0 aliphatic carbocycles. The number of ketones is 4. The molecule has 0 aliphatic rings. The van der Waals surface area contributed by atoms with Crippen molar-refractivity contribution in [1.29, 1.82) is 0 Å². The van der Waals surface area contributed by atoms with Crippen molar-refractivity contribution in [2.75, 3.05) is 0 Å². The van der Waals surface area contributed by atoms with Gasteiger partial charge in [0.15, 0.2) is 23.1 Å². The summed E-state index contributed by atoms with van der Waals surface area (Å²) in [6.45, 7) is 28.9. The molecule has 0 atom stereocenters. The summed E-state index contributed by atoms with van der Waals surface area (Å²) >= 11 is 0. The molecule has 0 saturated carbocycles. The third-order valence-corrected chi connectivity index (χ3v) is 18.2. The maximum atomic E-state index is 10.0. The van der Waals surface area contributed by atoms with E-state index in [1.807, 2.05) is 79.4 Å². The topological polar surface area (TPSA) is 201 Å². The predicted molar refractivity (Wildman–Crippen MR) is 491 cm³/mol. The van der Waals surface area contributed by atoms with Crippen LogP contribution < -0.4 is 0 Å². The summed E-state index contributed by atoms with van der Waals surface area (Å²) in [7, 11) is 0. The van der Waals surface area contributed by atoms with Gasteiger partial charge in [-0.1, -0.05) is 212 Å². The van der Waals surface area contributed by atoms with Crippen LogP contribution in [0, 0.1) is 58.9 Å². The predicted octanol–water partition coefficient (Wildman–Crippen LogP) is 26.8. The summed E-state index contributed by atoms with van der Waals surface area (Å²) in [5.74, 6) is -0.250. The van der Waals surface area contributed by atoms with Crippen LogP contribution in [0.4, 0.5) is 0 Å². The number of para-hydroxylation sites is 4. The molecule has 11 aromatic carbocycles. The van der Waals surface area contributed by atoms with Crippen molar-refractivity contribution in [2.24, 2.45) is 0 Å². The molecule has 15 aromatic rings. The van der Waals surface area contributed by atoms with Crippen LogP contribution in [0.2, 0.25) is 0 Å². The summed E-state index contributed by atoms with van der Waals surface area (Å²) in [6.07, 6.45) is 12.1. The number of carbonyl (C=O) groups is 4. The molecule has 4 heterocycles. The Hall–Kier alpha value is -11.5. The first-order chi connectivity index (χ1) is 56.8. The maximum Gasteiger partial charge on any atom is 0.155 e. The Morgan fingerprint density at radius 3 is 0.935 bits per heavy atom. The average Bonchev–Trinajstić information content (AvgIpc) is 0.798. The van der Waals surface area contributed by atoms with Gasteiger partial charge in [-0.2, -0.15) is 0 Å². The van der Waals surface area contributed by atoms with E-state index in [9.17, 15) is 19.2 Å². The number of benzene rings is 11. The summed E-state index contributed by atoms with van der Waals surface area (Å²) in [5, 5.41) is 38.1. The molecule has 638 valence electrons. The van der Waals surface area contributed by atoms with Crippen LogP contribution in [0.25, 0.3) is 122 Å². The molecule has 4 aromatic heterocycles. The van der Waals surface area contributed by atoms with Crippen molar-refractivity contribution in [3.8, 4) is 77.9 Å². The van der Waals surface area contributed by atoms with Gasteiger partial charge in [-0.3, -0.25) is 39.1 Å². The van der Waals surface area contributed by atoms with E-state index < -0.39 is 0 Å². The second kappa shape index (κ2) is 51.4. The molecule has 0 bridgehead atoms. The summed E-state index contributed by atoms with van der Waals surface area (Å²) in [5.41, 5.74) is 28.4. The number of carbonyl (C=O) groups excluding carboxylic acids is 4. The Morgan fingerprint density at radius 2 is 0.602 bits per heavy atom. The van der Waals surface area contributed by atoms with Crippen molar-refractivity contribution < 1.29 is 120 Å². The zero-order valence-electron chi connectivity index (χ0n) is 71.9. The normalized spacial score (nSPS) is 10.8. The van der Waals surface area contributed by atoms with Crippen LogP contribution in [-0.2, 0) is 105 Å². The van der Waals surface area contributed by atoms with E-state index in [0.717, 1.165) is 82.7 Å². The molecule has 4 N–H and O–H groups in total. The molecule has 15 rings (SSSR count). The van der Waals surface area contributed by atoms with Crippen LogP contribution in [-0.4, -0.2) is 63.5 Å². The first-order valence-electron chi connectivity index (χ1n) is 39.0. The number of aromatic nitrogens is 4. The molecule has 4 radical (unpaired) electrons. The summed E-state index contributed by atoms with van der Waals surface area (Å²) in [6, 6.07) is 102. The number of fused-ring (bicyclic) bond motifs is 4. The number of aliphatic hydroxyl groups excluding tert-OH is 4. The van der Waals surface area contributed by atoms with Crippen LogP contribution in [0.5, 0.6) is 0 Å². The van der Waals surface area contributed by atoms with Crippen LogP contribution in [0.1, 0.15) is 110 Å². The first-order valence-corrected chi connectivity index (χ1v) is 39.0. The van der Waals surface area contributed by atoms with Crippen molar-refractivity contribution in [3.63, 3.8) is 0 Å². The monoisotopic (exact) mass is 2340 g/mol. The molecule has 12 nitrogen and oxygen atoms in total. The Labute approximate surface area is 778 Å². The molecule has 123 heavy (non-hydrogen) atoms. The van der Waals surface area contributed by atoms with E-state index in [4.69, 9.17) is 20.4 Å². The molecule has 0 aliphatic heterocycles. The number of aliphatic hydroxyl groups is 4. The van der Waals surface area contributed by atoms with Gasteiger partial charge in [-0.15, -0.1) is 142 Å². The van der Waals surface area contributed by atoms with Crippen molar-refractivity contribution in [2.45, 2.75) is 116 Å². The third-order valence-electron chi connectivity index (χ3n) is 18.2. The van der Waals surface area contributed by atoms with Crippen LogP contribution in [0.15, 0.2) is 327 Å². The van der Waals surface area contributed by atoms with Gasteiger partial charge in [0.2, 0.25) is 0 Å². The molecular weight excluding hydrogens is 2240 g/mol. The quantitative estimate of drug-likeness (QED) is 0.0543. The Morgan fingerprint density at radius 1 is 0.293 bits per heavy atom. The molecule has 0 spiro atoms. The largest absolute Gasteiger partial charge is 0.512 e. The molecular formula is C107H102Ir4N4O8-4. The Kier molecular flexibility index (Phi) is 43.4. The molecule has 16 heteroatoms. The number of hydrogen-bond acceptors (Lipinski definition) is 12. The molecule has 0 unspecified atom stereocenters. The fourth-order valence-electron chi connectivity index (χ4n) is 13.2. The van der Waals surface area contributed by atoms with Gasteiger partial charge < -0.3 is 20.4 Å². The zero-order chi connectivity index (χ0) is 86.3. The van der Waals surface area contributed by atoms with E-state index in [-0.39, 0.29) is 132 Å². The molecule has 0 amide bonds. The SMILES string of the molecule is CC(=O)C=C(C)O.CC(=O)C=C(C)O.CC(=O)C=C(C)O.CC(=O)C=C(C)O.CC(C)(C)c1cc[c-]c(-c2cccc3cccnc23)c1.Cc1cc(C)c(-c2cc[c-]c(-c3cccc4cccnc34)c2)c(C)c1.Cc1ccc(C)c(-c2cc[c-]c(-c3cccc4cccnc34)c2)c1.[Ir].[Ir].[Ir].[Ir].[c-]1ccc(-c2ccccc2)cc1-c1cccc2cccnc12. The fourth-order valence-corrected chi connectivity index (χ4v) is 13.2. The van der Waals surface area contributed by atoms with E-state index in [2.05, 4.69) is 300 Å². The van der Waals surface area contributed by atoms with Crippen molar-refractivity contribution in [1.82, 2.24) is 19.9 Å². The zero-order valence-corrected chi connectivity index (χ0v) is 81.5. The Bertz CT molecular complexity index is 6020. The maximum absolute atomic E-state index is 10.0. The fraction of sp³-hybridized carbons (Fsp3) is 0.159. The van der Waals surface area contributed by atoms with Gasteiger partial charge in [-0.25, -0.2) is 0 Å². The van der Waals surface area contributed by atoms with Crippen molar-refractivity contribution >= 4 is 66.7 Å². The van der Waals surface area contributed by atoms with E-state index in [1.54, 1.807) is 0 Å². The van der Waals surface area contributed by atoms with Gasteiger partial charge >= 0.3 is 0 Å². The third kappa shape index (κ3) is 32.7. The second-order valence-electron chi connectivity index (χ2n) is 29.8. The van der Waals surface area contributed by atoms with Gasteiger partial charge in [0.1, 0.15) is 0 Å². The smallest absolute Gasteiger partial charge is 0.155 e. The van der Waals surface area contributed by atoms with Crippen LogP contribution >= 0.6 is 0 Å². The van der Waals surface area contributed by atoms with E-state index in [1.165, 1.54) is 152 Å². The number of allylic oxidation sites excluding steroid dienone is 8. The van der Waals surface area contributed by atoms with Crippen LogP contribution in [0.3, 0.4) is 0 Å². The minimum atomic E-state index is -0.125. The summed E-state index contributed by atoms with van der Waals surface area (Å²) in [4.78, 5) is 58.3. The molecule has 0 saturated heterocycles.